The largest absolute Gasteiger partial charge is 0.481 e. The fraction of sp³-hybridized carbons (Fsp3) is 0.391. The number of fused-ring (bicyclic) bond motifs is 1. The topological polar surface area (TPSA) is 102 Å². The van der Waals surface area contributed by atoms with Crippen LogP contribution < -0.4 is 10.9 Å². The summed E-state index contributed by atoms with van der Waals surface area (Å²) < 4.78 is 3.14. The number of carboxylic acids is 1. The van der Waals surface area contributed by atoms with Crippen molar-refractivity contribution in [3.63, 3.8) is 0 Å². The highest BCUT2D eigenvalue weighted by atomic mass is 16.4. The first-order valence-corrected chi connectivity index (χ1v) is 10.6. The van der Waals surface area contributed by atoms with Gasteiger partial charge in [0.25, 0.3) is 0 Å². The molecule has 0 radical (unpaired) electrons. The monoisotopic (exact) mass is 421 g/mol. The predicted molar refractivity (Wildman–Crippen MR) is 117 cm³/mol. The van der Waals surface area contributed by atoms with Gasteiger partial charge >= 0.3 is 5.97 Å². The molecule has 3 aromatic heterocycles. The molecular weight excluding hydrogens is 394 g/mol. The van der Waals surface area contributed by atoms with E-state index in [4.69, 9.17) is 4.98 Å². The Morgan fingerprint density at radius 2 is 2.03 bits per heavy atom. The van der Waals surface area contributed by atoms with Gasteiger partial charge in [-0.2, -0.15) is 5.10 Å². The molecule has 1 aliphatic rings. The number of aryl methyl sites for hydroxylation is 4. The number of hydrogen-bond donors (Lipinski definition) is 2. The number of aromatic nitrogens is 4. The molecule has 8 heteroatoms. The third kappa shape index (κ3) is 5.02. The first kappa shape index (κ1) is 20.8. The molecule has 1 atom stereocenters. The summed E-state index contributed by atoms with van der Waals surface area (Å²) in [4.78, 5) is 27.8. The van der Waals surface area contributed by atoms with Gasteiger partial charge < -0.3 is 15.0 Å². The minimum atomic E-state index is -0.914. The van der Waals surface area contributed by atoms with Gasteiger partial charge in [0.15, 0.2) is 0 Å². The third-order valence-electron chi connectivity index (χ3n) is 5.66. The highest BCUT2D eigenvalue weighted by molar-refractivity contribution is 5.68. The van der Waals surface area contributed by atoms with E-state index in [1.807, 2.05) is 12.3 Å². The van der Waals surface area contributed by atoms with Crippen molar-refractivity contribution in [1.29, 1.82) is 0 Å². The summed E-state index contributed by atoms with van der Waals surface area (Å²) in [6.07, 6.45) is 8.17. The maximum absolute atomic E-state index is 11.7. The molecule has 8 nitrogen and oxygen atoms in total. The molecule has 2 N–H and O–H groups in total. The lowest BCUT2D eigenvalue weighted by atomic mass is 10.1. The zero-order valence-electron chi connectivity index (χ0n) is 17.6. The van der Waals surface area contributed by atoms with Gasteiger partial charge in [0, 0.05) is 37.7 Å². The van der Waals surface area contributed by atoms with E-state index in [9.17, 15) is 14.7 Å². The Labute approximate surface area is 180 Å². The van der Waals surface area contributed by atoms with Gasteiger partial charge in [0.05, 0.1) is 18.2 Å². The smallest absolute Gasteiger partial charge is 0.305 e. The van der Waals surface area contributed by atoms with Crippen LogP contribution >= 0.6 is 0 Å². The average Bonchev–Trinajstić information content (AvgIpc) is 3.22. The Balaban J connectivity index is 1.42. The van der Waals surface area contributed by atoms with Crippen molar-refractivity contribution in [2.75, 3.05) is 11.9 Å². The second-order valence-corrected chi connectivity index (χ2v) is 8.01. The first-order chi connectivity index (χ1) is 15.0. The van der Waals surface area contributed by atoms with Crippen molar-refractivity contribution in [3.05, 3.63) is 75.6 Å². The SMILES string of the molecule is Cn1cc(C(CC(=O)O)n2ccc(CCCc3ccc4c(n3)NCCC4)n2)ccc1=O. The maximum Gasteiger partial charge on any atom is 0.305 e. The number of carbonyl (C=O) groups is 1. The lowest BCUT2D eigenvalue weighted by Gasteiger charge is -2.17. The molecule has 0 spiro atoms. The van der Waals surface area contributed by atoms with Crippen LogP contribution in [0.3, 0.4) is 0 Å². The lowest BCUT2D eigenvalue weighted by molar-refractivity contribution is -0.137. The van der Waals surface area contributed by atoms with Gasteiger partial charge in [0.2, 0.25) is 5.56 Å². The van der Waals surface area contributed by atoms with Crippen LogP contribution in [0.5, 0.6) is 0 Å². The number of aliphatic carboxylic acids is 1. The molecule has 0 saturated carbocycles. The second kappa shape index (κ2) is 9.16. The summed E-state index contributed by atoms with van der Waals surface area (Å²) in [5, 5.41) is 17.4. The predicted octanol–water partition coefficient (Wildman–Crippen LogP) is 2.57. The van der Waals surface area contributed by atoms with E-state index in [1.165, 1.54) is 16.2 Å². The van der Waals surface area contributed by atoms with Gasteiger partial charge in [0.1, 0.15) is 5.82 Å². The Bertz CT molecular complexity index is 1130. The van der Waals surface area contributed by atoms with Crippen LogP contribution in [0.1, 0.15) is 47.8 Å². The zero-order valence-corrected chi connectivity index (χ0v) is 17.6. The number of rotatable bonds is 8. The molecule has 1 aliphatic heterocycles. The normalized spacial score (nSPS) is 14.0. The van der Waals surface area contributed by atoms with Gasteiger partial charge in [-0.1, -0.05) is 6.07 Å². The Kier molecular flexibility index (Phi) is 6.16. The molecule has 0 fully saturated rings. The molecule has 0 amide bonds. The fourth-order valence-electron chi connectivity index (χ4n) is 3.98. The van der Waals surface area contributed by atoms with E-state index in [-0.39, 0.29) is 12.0 Å². The molecule has 1 unspecified atom stereocenters. The number of carboxylic acid groups (broad SMARTS) is 1. The summed E-state index contributed by atoms with van der Waals surface area (Å²) in [6.45, 7) is 0.980. The quantitative estimate of drug-likeness (QED) is 0.580. The summed E-state index contributed by atoms with van der Waals surface area (Å²) in [7, 11) is 1.66. The minimum Gasteiger partial charge on any atom is -0.481 e. The number of nitrogens with zero attached hydrogens (tertiary/aromatic N) is 4. The maximum atomic E-state index is 11.7. The number of anilines is 1. The summed E-state index contributed by atoms with van der Waals surface area (Å²) >= 11 is 0. The molecule has 31 heavy (non-hydrogen) atoms. The zero-order chi connectivity index (χ0) is 21.8. The third-order valence-corrected chi connectivity index (χ3v) is 5.66. The molecule has 0 saturated heterocycles. The van der Waals surface area contributed by atoms with Crippen LogP contribution in [0.4, 0.5) is 5.82 Å². The van der Waals surface area contributed by atoms with Crippen LogP contribution in [-0.2, 0) is 31.1 Å². The van der Waals surface area contributed by atoms with Crippen LogP contribution in [-0.4, -0.2) is 37.0 Å². The molecule has 0 aromatic carbocycles. The molecule has 4 heterocycles. The van der Waals surface area contributed by atoms with Crippen LogP contribution in [0.15, 0.2) is 47.5 Å². The van der Waals surface area contributed by atoms with Gasteiger partial charge in [-0.05, 0) is 61.4 Å². The van der Waals surface area contributed by atoms with Crippen molar-refractivity contribution in [3.8, 4) is 0 Å². The summed E-state index contributed by atoms with van der Waals surface area (Å²) in [5.41, 5.74) is 3.88. The number of nitrogens with one attached hydrogen (secondary N) is 1. The Hall–Kier alpha value is -3.42. The first-order valence-electron chi connectivity index (χ1n) is 10.6. The molecule has 0 aliphatic carbocycles. The van der Waals surface area contributed by atoms with Crippen molar-refractivity contribution >= 4 is 11.8 Å². The van der Waals surface area contributed by atoms with Crippen molar-refractivity contribution in [2.45, 2.75) is 44.6 Å². The van der Waals surface area contributed by atoms with Gasteiger partial charge in [-0.3, -0.25) is 14.3 Å². The molecule has 0 bridgehead atoms. The standard InChI is InChI=1S/C23H27N5O3/c1-27-15-17(8-10-21(27)29)20(14-22(30)31)28-13-11-19(26-28)6-2-5-18-9-7-16-4-3-12-24-23(16)25-18/h7-11,13,15,20H,2-6,12,14H2,1H3,(H,24,25)(H,30,31). The highest BCUT2D eigenvalue weighted by Gasteiger charge is 2.19. The Morgan fingerprint density at radius 3 is 2.84 bits per heavy atom. The highest BCUT2D eigenvalue weighted by Crippen LogP contribution is 2.22. The number of hydrogen-bond acceptors (Lipinski definition) is 5. The van der Waals surface area contributed by atoms with Crippen molar-refractivity contribution in [1.82, 2.24) is 19.3 Å². The van der Waals surface area contributed by atoms with Gasteiger partial charge in [-0.25, -0.2) is 4.98 Å². The summed E-state index contributed by atoms with van der Waals surface area (Å²) in [5.74, 6) is 0.102. The minimum absolute atomic E-state index is 0.106. The molecular formula is C23H27N5O3. The van der Waals surface area contributed by atoms with E-state index in [0.717, 1.165) is 61.4 Å². The van der Waals surface area contributed by atoms with Crippen molar-refractivity contribution in [2.24, 2.45) is 7.05 Å². The van der Waals surface area contributed by atoms with E-state index in [1.54, 1.807) is 24.0 Å². The van der Waals surface area contributed by atoms with E-state index >= 15 is 0 Å². The number of pyridine rings is 2. The van der Waals surface area contributed by atoms with E-state index in [2.05, 4.69) is 22.5 Å². The average molecular weight is 422 g/mol. The van der Waals surface area contributed by atoms with Crippen LogP contribution in [0.25, 0.3) is 0 Å². The Morgan fingerprint density at radius 1 is 1.19 bits per heavy atom. The van der Waals surface area contributed by atoms with Crippen LogP contribution in [0, 0.1) is 0 Å². The summed E-state index contributed by atoms with van der Waals surface area (Å²) in [6, 6.07) is 8.86. The van der Waals surface area contributed by atoms with E-state index < -0.39 is 12.0 Å². The molecule has 3 aromatic rings. The van der Waals surface area contributed by atoms with Gasteiger partial charge in [-0.15, -0.1) is 0 Å². The fourth-order valence-corrected chi connectivity index (χ4v) is 3.98. The molecule has 162 valence electrons. The van der Waals surface area contributed by atoms with Crippen LogP contribution in [0.2, 0.25) is 0 Å². The van der Waals surface area contributed by atoms with E-state index in [0.29, 0.717) is 0 Å². The van der Waals surface area contributed by atoms with Crippen molar-refractivity contribution < 1.29 is 9.90 Å². The molecule has 4 rings (SSSR count). The lowest BCUT2D eigenvalue weighted by Crippen LogP contribution is -2.20. The second-order valence-electron chi connectivity index (χ2n) is 8.01.